The maximum atomic E-state index is 15.6. The van der Waals surface area contributed by atoms with Crippen molar-refractivity contribution in [2.24, 2.45) is 0 Å². The molecule has 194 valence electrons. The van der Waals surface area contributed by atoms with Gasteiger partial charge in [-0.15, -0.1) is 0 Å². The molecule has 0 aliphatic heterocycles. The van der Waals surface area contributed by atoms with Gasteiger partial charge in [0.25, 0.3) is 5.92 Å². The van der Waals surface area contributed by atoms with Crippen molar-refractivity contribution in [3.8, 4) is 62.5 Å². The van der Waals surface area contributed by atoms with Gasteiger partial charge >= 0.3 is 0 Å². The Labute approximate surface area is 235 Å². The highest BCUT2D eigenvalue weighted by atomic mass is 19.3. The van der Waals surface area contributed by atoms with Crippen LogP contribution in [0, 0.1) is 11.3 Å². The lowest BCUT2D eigenvalue weighted by Gasteiger charge is -2.13. The summed E-state index contributed by atoms with van der Waals surface area (Å²) in [6, 6.07) is 38.3. The van der Waals surface area contributed by atoms with Gasteiger partial charge in [0.15, 0.2) is 17.5 Å². The summed E-state index contributed by atoms with van der Waals surface area (Å²) in [5.74, 6) is -1.72. The van der Waals surface area contributed by atoms with Gasteiger partial charge in [-0.25, -0.2) is 15.0 Å². The molecule has 5 aromatic carbocycles. The average molecular weight is 535 g/mol. The maximum Gasteiger partial charge on any atom is 0.299 e. The van der Waals surface area contributed by atoms with E-state index in [2.05, 4.69) is 6.07 Å². The lowest BCUT2D eigenvalue weighted by atomic mass is 9.97. The second kappa shape index (κ2) is 9.58. The molecule has 1 aliphatic carbocycles. The molecule has 1 heterocycles. The Morgan fingerprint density at radius 2 is 0.927 bits per heavy atom. The number of hydrogen-bond acceptors (Lipinski definition) is 4. The first-order chi connectivity index (χ1) is 20.0. The Morgan fingerprint density at radius 3 is 1.44 bits per heavy atom. The third kappa shape index (κ3) is 4.25. The van der Waals surface area contributed by atoms with Crippen LogP contribution < -0.4 is 0 Å². The Balaban J connectivity index is 1.38. The number of benzene rings is 5. The van der Waals surface area contributed by atoms with Gasteiger partial charge in [0.1, 0.15) is 0 Å². The van der Waals surface area contributed by atoms with Gasteiger partial charge in [-0.05, 0) is 46.5 Å². The van der Waals surface area contributed by atoms with E-state index in [1.165, 1.54) is 12.1 Å². The molecule has 0 amide bonds. The molecule has 1 aliphatic rings. The van der Waals surface area contributed by atoms with Crippen LogP contribution in [0.4, 0.5) is 8.78 Å². The normalized spacial score (nSPS) is 12.8. The topological polar surface area (TPSA) is 62.5 Å². The van der Waals surface area contributed by atoms with Crippen LogP contribution in [0.1, 0.15) is 16.7 Å². The van der Waals surface area contributed by atoms with Gasteiger partial charge in [-0.1, -0.05) is 97.1 Å². The first-order valence-corrected chi connectivity index (χ1v) is 13.1. The van der Waals surface area contributed by atoms with Gasteiger partial charge in [0, 0.05) is 27.8 Å². The van der Waals surface area contributed by atoms with Gasteiger partial charge in [0.05, 0.1) is 11.6 Å². The summed E-state index contributed by atoms with van der Waals surface area (Å²) in [7, 11) is 0. The quantitative estimate of drug-likeness (QED) is 0.227. The highest BCUT2D eigenvalue weighted by Gasteiger charge is 2.44. The number of hydrogen-bond donors (Lipinski definition) is 0. The third-order valence-corrected chi connectivity index (χ3v) is 7.31. The van der Waals surface area contributed by atoms with Crippen molar-refractivity contribution in [2.75, 3.05) is 0 Å². The summed E-state index contributed by atoms with van der Waals surface area (Å²) in [4.78, 5) is 14.3. The summed E-state index contributed by atoms with van der Waals surface area (Å²) in [6.07, 6.45) is 0. The molecular formula is C35H20F2N4. The van der Waals surface area contributed by atoms with Crippen molar-refractivity contribution in [1.82, 2.24) is 15.0 Å². The van der Waals surface area contributed by atoms with Gasteiger partial charge in [-0.3, -0.25) is 0 Å². The highest BCUT2D eigenvalue weighted by Crippen LogP contribution is 2.52. The second-order valence-corrected chi connectivity index (χ2v) is 9.82. The molecule has 0 saturated heterocycles. The Hall–Kier alpha value is -5.54. The van der Waals surface area contributed by atoms with Crippen molar-refractivity contribution < 1.29 is 8.78 Å². The number of aromatic nitrogens is 3. The molecule has 0 unspecified atom stereocenters. The van der Waals surface area contributed by atoms with Crippen molar-refractivity contribution >= 4 is 0 Å². The monoisotopic (exact) mass is 534 g/mol. The molecule has 41 heavy (non-hydrogen) atoms. The SMILES string of the molecule is N#Cc1ccc(-c2ccc3c(c2)-c2cc(-c4nc(-c5ccccc5)nc(-c5ccccc5)n4)ccc2C3(F)F)cc1. The predicted octanol–water partition coefficient (Wildman–Crippen LogP) is 8.53. The first-order valence-electron chi connectivity index (χ1n) is 13.1. The number of halogens is 2. The largest absolute Gasteiger partial charge is 0.299 e. The summed E-state index contributed by atoms with van der Waals surface area (Å²) in [5.41, 5.74) is 5.29. The van der Waals surface area contributed by atoms with Crippen LogP contribution in [0.15, 0.2) is 121 Å². The fraction of sp³-hybridized carbons (Fsp3) is 0.0286. The average Bonchev–Trinajstić information content (AvgIpc) is 3.27. The Bertz CT molecular complexity index is 1910. The zero-order valence-electron chi connectivity index (χ0n) is 21.6. The first kappa shape index (κ1) is 24.5. The molecular weight excluding hydrogens is 514 g/mol. The van der Waals surface area contributed by atoms with Gasteiger partial charge < -0.3 is 0 Å². The summed E-state index contributed by atoms with van der Waals surface area (Å²) in [5, 5.41) is 9.13. The minimum atomic E-state index is -3.13. The maximum absolute atomic E-state index is 15.6. The van der Waals surface area contributed by atoms with Crippen LogP contribution in [-0.4, -0.2) is 15.0 Å². The van der Waals surface area contributed by atoms with E-state index in [9.17, 15) is 0 Å². The van der Waals surface area contributed by atoms with Crippen LogP contribution in [0.5, 0.6) is 0 Å². The van der Waals surface area contributed by atoms with E-state index in [1.54, 1.807) is 36.4 Å². The predicted molar refractivity (Wildman–Crippen MR) is 155 cm³/mol. The summed E-state index contributed by atoms with van der Waals surface area (Å²) < 4.78 is 31.2. The molecule has 0 saturated carbocycles. The van der Waals surface area contributed by atoms with E-state index in [0.29, 0.717) is 39.7 Å². The van der Waals surface area contributed by atoms with E-state index >= 15 is 8.78 Å². The molecule has 0 spiro atoms. The van der Waals surface area contributed by atoms with E-state index in [4.69, 9.17) is 20.2 Å². The summed E-state index contributed by atoms with van der Waals surface area (Å²) in [6.45, 7) is 0. The number of fused-ring (bicyclic) bond motifs is 3. The molecule has 6 aromatic rings. The molecule has 0 fully saturated rings. The zero-order chi connectivity index (χ0) is 28.0. The van der Waals surface area contributed by atoms with Crippen molar-refractivity contribution in [3.05, 3.63) is 138 Å². The number of rotatable bonds is 4. The molecule has 0 radical (unpaired) electrons. The van der Waals surface area contributed by atoms with Crippen LogP contribution in [-0.2, 0) is 5.92 Å². The standard InChI is InChI=1S/C35H20F2N4/c36-35(37)30-17-15-26(23-13-11-22(21-38)12-14-23)19-28(30)29-20-27(16-18-31(29)35)34-40-32(24-7-3-1-4-8-24)39-33(41-34)25-9-5-2-6-10-25/h1-20H. The van der Waals surface area contributed by atoms with Crippen molar-refractivity contribution in [1.29, 1.82) is 5.26 Å². The Kier molecular flexibility index (Phi) is 5.72. The van der Waals surface area contributed by atoms with Crippen LogP contribution in [0.25, 0.3) is 56.4 Å². The lowest BCUT2D eigenvalue weighted by molar-refractivity contribution is 0.0480. The zero-order valence-corrected chi connectivity index (χ0v) is 21.6. The number of nitrogens with zero attached hydrogens (tertiary/aromatic N) is 4. The minimum absolute atomic E-state index is 0.0346. The van der Waals surface area contributed by atoms with Gasteiger partial charge in [0.2, 0.25) is 0 Å². The molecule has 0 bridgehead atoms. The van der Waals surface area contributed by atoms with E-state index in [0.717, 1.165) is 22.3 Å². The highest BCUT2D eigenvalue weighted by molar-refractivity contribution is 5.86. The molecule has 1 aromatic heterocycles. The number of nitriles is 1. The van der Waals surface area contributed by atoms with E-state index < -0.39 is 5.92 Å². The second-order valence-electron chi connectivity index (χ2n) is 9.82. The smallest absolute Gasteiger partial charge is 0.208 e. The van der Waals surface area contributed by atoms with Crippen molar-refractivity contribution in [2.45, 2.75) is 5.92 Å². The van der Waals surface area contributed by atoms with Gasteiger partial charge in [-0.2, -0.15) is 14.0 Å². The van der Waals surface area contributed by atoms with E-state index in [-0.39, 0.29) is 11.1 Å². The fourth-order valence-corrected chi connectivity index (χ4v) is 5.22. The number of alkyl halides is 2. The Morgan fingerprint density at radius 1 is 0.488 bits per heavy atom. The molecule has 0 N–H and O–H groups in total. The third-order valence-electron chi connectivity index (χ3n) is 7.31. The summed E-state index contributed by atoms with van der Waals surface area (Å²) >= 11 is 0. The van der Waals surface area contributed by atoms with Crippen LogP contribution >= 0.6 is 0 Å². The molecule has 6 heteroatoms. The van der Waals surface area contributed by atoms with Crippen LogP contribution in [0.2, 0.25) is 0 Å². The fourth-order valence-electron chi connectivity index (χ4n) is 5.22. The molecule has 4 nitrogen and oxygen atoms in total. The molecule has 0 atom stereocenters. The van der Waals surface area contributed by atoms with Crippen LogP contribution in [0.3, 0.4) is 0 Å². The molecule has 7 rings (SSSR count). The van der Waals surface area contributed by atoms with Crippen molar-refractivity contribution in [3.63, 3.8) is 0 Å². The minimum Gasteiger partial charge on any atom is -0.208 e. The van der Waals surface area contributed by atoms with E-state index in [1.807, 2.05) is 72.8 Å². The lowest BCUT2D eigenvalue weighted by Crippen LogP contribution is -2.10.